The Bertz CT molecular complexity index is 1520. The van der Waals surface area contributed by atoms with E-state index in [-0.39, 0.29) is 33.9 Å². The van der Waals surface area contributed by atoms with E-state index >= 15 is 0 Å². The summed E-state index contributed by atoms with van der Waals surface area (Å²) in [6.07, 6.45) is -3.78. The molecule has 0 saturated carbocycles. The minimum atomic E-state index is -4.71. The standard InChI is InChI=1S/C34H32F3NO4/c1-38(19-5-8-23-6-3-2-4-7-23)20-21-41-28-16-11-25(12-17-28)33-31(24-9-13-26(39)14-10-24)32(34(35,36)37)29-18-15-27(40)22-30(29)42-33/h2-4,6-7,9-18,22,33,39-40H,5,8,19-21H2,1H3. The lowest BCUT2D eigenvalue weighted by molar-refractivity contribution is -0.0695. The van der Waals surface area contributed by atoms with Gasteiger partial charge in [0.05, 0.1) is 5.57 Å². The molecule has 5 rings (SSSR count). The van der Waals surface area contributed by atoms with Gasteiger partial charge < -0.3 is 24.6 Å². The van der Waals surface area contributed by atoms with E-state index in [1.54, 1.807) is 24.3 Å². The highest BCUT2D eigenvalue weighted by Gasteiger charge is 2.44. The number of rotatable bonds is 10. The number of alkyl halides is 3. The molecule has 0 spiro atoms. The van der Waals surface area contributed by atoms with Crippen molar-refractivity contribution in [2.45, 2.75) is 25.1 Å². The summed E-state index contributed by atoms with van der Waals surface area (Å²) in [5, 5.41) is 19.7. The minimum Gasteiger partial charge on any atom is -0.508 e. The number of nitrogens with zero attached hydrogens (tertiary/aromatic N) is 1. The number of benzene rings is 4. The highest BCUT2D eigenvalue weighted by molar-refractivity contribution is 5.98. The molecule has 0 fully saturated rings. The number of phenols is 2. The van der Waals surface area contributed by atoms with Crippen LogP contribution in [0.15, 0.2) is 97.1 Å². The first kappa shape index (κ1) is 29.1. The maximum absolute atomic E-state index is 14.6. The summed E-state index contributed by atoms with van der Waals surface area (Å²) in [5.41, 5.74) is 0.975. The van der Waals surface area contributed by atoms with Gasteiger partial charge in [0.15, 0.2) is 6.10 Å². The highest BCUT2D eigenvalue weighted by Crippen LogP contribution is 2.53. The number of allylic oxidation sites excluding steroid dienone is 1. The Hall–Kier alpha value is -4.43. The second-order valence-electron chi connectivity index (χ2n) is 10.3. The van der Waals surface area contributed by atoms with Gasteiger partial charge in [-0.1, -0.05) is 54.6 Å². The van der Waals surface area contributed by atoms with Crippen LogP contribution in [0.25, 0.3) is 11.1 Å². The quantitative estimate of drug-likeness (QED) is 0.203. The Labute approximate surface area is 243 Å². The Morgan fingerprint density at radius 1 is 0.833 bits per heavy atom. The number of ether oxygens (including phenoxy) is 2. The smallest absolute Gasteiger partial charge is 0.417 e. The summed E-state index contributed by atoms with van der Waals surface area (Å²) >= 11 is 0. The summed E-state index contributed by atoms with van der Waals surface area (Å²) in [6.45, 7) is 2.12. The van der Waals surface area contributed by atoms with Crippen molar-refractivity contribution in [1.82, 2.24) is 4.90 Å². The molecule has 1 aliphatic rings. The molecule has 218 valence electrons. The number of aromatic hydroxyl groups is 2. The molecule has 4 aromatic carbocycles. The normalized spacial score (nSPS) is 14.9. The van der Waals surface area contributed by atoms with Crippen molar-refractivity contribution in [3.8, 4) is 23.0 Å². The molecule has 0 radical (unpaired) electrons. The molecule has 2 N–H and O–H groups in total. The zero-order chi connectivity index (χ0) is 29.7. The van der Waals surface area contributed by atoms with E-state index in [0.717, 1.165) is 25.9 Å². The van der Waals surface area contributed by atoms with Crippen molar-refractivity contribution in [3.05, 3.63) is 119 Å². The van der Waals surface area contributed by atoms with Crippen LogP contribution in [-0.4, -0.2) is 48.0 Å². The van der Waals surface area contributed by atoms with Gasteiger partial charge in [-0.05, 0) is 79.5 Å². The number of fused-ring (bicyclic) bond motifs is 1. The van der Waals surface area contributed by atoms with Gasteiger partial charge in [0.2, 0.25) is 0 Å². The van der Waals surface area contributed by atoms with Crippen molar-refractivity contribution >= 4 is 11.1 Å². The molecule has 42 heavy (non-hydrogen) atoms. The molecular formula is C34H32F3NO4. The maximum atomic E-state index is 14.6. The molecule has 0 aliphatic carbocycles. The van der Waals surface area contributed by atoms with Gasteiger partial charge in [0, 0.05) is 23.7 Å². The molecule has 0 saturated heterocycles. The summed E-state index contributed by atoms with van der Waals surface area (Å²) in [4.78, 5) is 2.20. The van der Waals surface area contributed by atoms with Gasteiger partial charge in [0.1, 0.15) is 29.6 Å². The Kier molecular flexibility index (Phi) is 8.73. The van der Waals surface area contributed by atoms with Crippen molar-refractivity contribution in [2.75, 3.05) is 26.7 Å². The van der Waals surface area contributed by atoms with E-state index in [2.05, 4.69) is 17.0 Å². The first-order chi connectivity index (χ1) is 20.2. The molecule has 1 aliphatic heterocycles. The zero-order valence-corrected chi connectivity index (χ0v) is 23.1. The van der Waals surface area contributed by atoms with E-state index in [9.17, 15) is 23.4 Å². The number of aryl methyl sites for hydroxylation is 1. The number of hydrogen-bond donors (Lipinski definition) is 2. The average molecular weight is 576 g/mol. The van der Waals surface area contributed by atoms with Crippen molar-refractivity contribution in [1.29, 1.82) is 0 Å². The summed E-state index contributed by atoms with van der Waals surface area (Å²) in [7, 11) is 2.04. The first-order valence-corrected chi connectivity index (χ1v) is 13.7. The number of halogens is 3. The van der Waals surface area contributed by atoms with Crippen LogP contribution >= 0.6 is 0 Å². The second-order valence-corrected chi connectivity index (χ2v) is 10.3. The lowest BCUT2D eigenvalue weighted by Gasteiger charge is -2.33. The maximum Gasteiger partial charge on any atom is 0.417 e. The van der Waals surface area contributed by atoms with Crippen LogP contribution in [-0.2, 0) is 6.42 Å². The Balaban J connectivity index is 1.32. The topological polar surface area (TPSA) is 62.2 Å². The van der Waals surface area contributed by atoms with Gasteiger partial charge in [-0.25, -0.2) is 0 Å². The van der Waals surface area contributed by atoms with Crippen LogP contribution in [0, 0.1) is 0 Å². The molecule has 1 atom stereocenters. The fourth-order valence-corrected chi connectivity index (χ4v) is 5.12. The van der Waals surface area contributed by atoms with Gasteiger partial charge in [-0.3, -0.25) is 0 Å². The fourth-order valence-electron chi connectivity index (χ4n) is 5.12. The minimum absolute atomic E-state index is 0.0603. The van der Waals surface area contributed by atoms with Crippen molar-refractivity contribution < 1.29 is 32.9 Å². The third-order valence-electron chi connectivity index (χ3n) is 7.25. The highest BCUT2D eigenvalue weighted by atomic mass is 19.4. The average Bonchev–Trinajstić information content (AvgIpc) is 2.97. The number of phenolic OH excluding ortho intramolecular Hbond substituents is 2. The largest absolute Gasteiger partial charge is 0.508 e. The van der Waals surface area contributed by atoms with Crippen LogP contribution in [0.2, 0.25) is 0 Å². The van der Waals surface area contributed by atoms with Crippen molar-refractivity contribution in [2.24, 2.45) is 0 Å². The third kappa shape index (κ3) is 6.89. The van der Waals surface area contributed by atoms with Gasteiger partial charge in [-0.15, -0.1) is 0 Å². The van der Waals surface area contributed by atoms with E-state index in [4.69, 9.17) is 9.47 Å². The van der Waals surface area contributed by atoms with Gasteiger partial charge in [0.25, 0.3) is 0 Å². The molecule has 0 amide bonds. The predicted octanol–water partition coefficient (Wildman–Crippen LogP) is 7.65. The lowest BCUT2D eigenvalue weighted by Crippen LogP contribution is -2.25. The van der Waals surface area contributed by atoms with Gasteiger partial charge in [-0.2, -0.15) is 13.2 Å². The van der Waals surface area contributed by atoms with Crippen LogP contribution in [0.5, 0.6) is 23.0 Å². The summed E-state index contributed by atoms with van der Waals surface area (Å²) in [6, 6.07) is 26.3. The number of hydrogen-bond acceptors (Lipinski definition) is 5. The third-order valence-corrected chi connectivity index (χ3v) is 7.25. The molecule has 0 bridgehead atoms. The molecule has 4 aromatic rings. The van der Waals surface area contributed by atoms with Crippen LogP contribution < -0.4 is 9.47 Å². The monoisotopic (exact) mass is 575 g/mol. The van der Waals surface area contributed by atoms with Crippen LogP contribution in [0.3, 0.4) is 0 Å². The molecule has 1 heterocycles. The van der Waals surface area contributed by atoms with E-state index < -0.39 is 17.9 Å². The molecule has 5 nitrogen and oxygen atoms in total. The number of likely N-dealkylation sites (N-methyl/N-ethyl adjacent to an activating group) is 1. The van der Waals surface area contributed by atoms with Crippen LogP contribution in [0.1, 0.15) is 34.8 Å². The predicted molar refractivity (Wildman–Crippen MR) is 157 cm³/mol. The summed E-state index contributed by atoms with van der Waals surface area (Å²) < 4.78 is 55.9. The van der Waals surface area contributed by atoms with E-state index in [1.807, 2.05) is 25.2 Å². The molecular weight excluding hydrogens is 543 g/mol. The van der Waals surface area contributed by atoms with Gasteiger partial charge >= 0.3 is 6.18 Å². The molecule has 8 heteroatoms. The van der Waals surface area contributed by atoms with E-state index in [0.29, 0.717) is 17.9 Å². The van der Waals surface area contributed by atoms with E-state index in [1.165, 1.54) is 48.0 Å². The second kappa shape index (κ2) is 12.6. The summed E-state index contributed by atoms with van der Waals surface area (Å²) in [5.74, 6) is 0.271. The van der Waals surface area contributed by atoms with Crippen molar-refractivity contribution in [3.63, 3.8) is 0 Å². The zero-order valence-electron chi connectivity index (χ0n) is 23.1. The lowest BCUT2D eigenvalue weighted by atomic mass is 9.85. The fraction of sp³-hybridized carbons (Fsp3) is 0.235. The molecule has 1 unspecified atom stereocenters. The first-order valence-electron chi connectivity index (χ1n) is 13.7. The molecule has 0 aromatic heterocycles. The van der Waals surface area contributed by atoms with Crippen LogP contribution in [0.4, 0.5) is 13.2 Å². The Morgan fingerprint density at radius 3 is 2.21 bits per heavy atom. The SMILES string of the molecule is CN(CCCc1ccccc1)CCOc1ccc(C2Oc3cc(O)ccc3C(C(F)(F)F)=C2c2ccc(O)cc2)cc1. The Morgan fingerprint density at radius 2 is 1.52 bits per heavy atom.